The van der Waals surface area contributed by atoms with Gasteiger partial charge in [0.15, 0.2) is 0 Å². The number of ether oxygens (including phenoxy) is 1. The van der Waals surface area contributed by atoms with Gasteiger partial charge >= 0.3 is 0 Å². The number of rotatable bonds is 5. The lowest BCUT2D eigenvalue weighted by Gasteiger charge is -2.33. The molecule has 148 valence electrons. The van der Waals surface area contributed by atoms with Crippen LogP contribution in [0.1, 0.15) is 23.7 Å². The van der Waals surface area contributed by atoms with Crippen molar-refractivity contribution in [2.24, 2.45) is 0 Å². The molecule has 0 aliphatic carbocycles. The second kappa shape index (κ2) is 7.97. The number of hydrogen-bond donors (Lipinski definition) is 2. The molecule has 2 aromatic carbocycles. The highest BCUT2D eigenvalue weighted by Gasteiger charge is 2.42. The smallest absolute Gasteiger partial charge is 0.234 e. The SMILES string of the molecule is CC1(C(=O)NCc2cccc(F)c2)COCc2cnc(Nc3ccccc3)nc21. The van der Waals surface area contributed by atoms with Crippen LogP contribution in [-0.4, -0.2) is 22.5 Å². The molecule has 7 heteroatoms. The summed E-state index contributed by atoms with van der Waals surface area (Å²) in [6.07, 6.45) is 1.69. The van der Waals surface area contributed by atoms with E-state index in [9.17, 15) is 9.18 Å². The molecule has 0 bridgehead atoms. The van der Waals surface area contributed by atoms with Gasteiger partial charge in [-0.3, -0.25) is 4.79 Å². The summed E-state index contributed by atoms with van der Waals surface area (Å²) >= 11 is 0. The number of benzene rings is 2. The quantitative estimate of drug-likeness (QED) is 0.695. The molecule has 2 heterocycles. The lowest BCUT2D eigenvalue weighted by molar-refractivity contribution is -0.130. The Hall–Kier alpha value is -3.32. The van der Waals surface area contributed by atoms with E-state index in [4.69, 9.17) is 4.74 Å². The fraction of sp³-hybridized carbons (Fsp3) is 0.227. The number of nitrogens with zero attached hydrogens (tertiary/aromatic N) is 2. The van der Waals surface area contributed by atoms with Crippen LogP contribution in [0.15, 0.2) is 60.8 Å². The number of anilines is 2. The van der Waals surface area contributed by atoms with Gasteiger partial charge in [0.05, 0.1) is 18.9 Å². The lowest BCUT2D eigenvalue weighted by atomic mass is 9.82. The highest BCUT2D eigenvalue weighted by atomic mass is 19.1. The number of amides is 1. The number of nitrogens with one attached hydrogen (secondary N) is 2. The Balaban J connectivity index is 1.56. The van der Waals surface area contributed by atoms with E-state index >= 15 is 0 Å². The van der Waals surface area contributed by atoms with Crippen molar-refractivity contribution in [2.45, 2.75) is 25.5 Å². The number of hydrogen-bond acceptors (Lipinski definition) is 5. The van der Waals surface area contributed by atoms with E-state index in [1.165, 1.54) is 12.1 Å². The van der Waals surface area contributed by atoms with Gasteiger partial charge in [-0.05, 0) is 36.8 Å². The number of aromatic nitrogens is 2. The Morgan fingerprint density at radius 1 is 1.21 bits per heavy atom. The summed E-state index contributed by atoms with van der Waals surface area (Å²) in [5, 5.41) is 6.04. The monoisotopic (exact) mass is 392 g/mol. The minimum Gasteiger partial charge on any atom is -0.375 e. The minimum absolute atomic E-state index is 0.205. The largest absolute Gasteiger partial charge is 0.375 e. The molecule has 0 fully saturated rings. The van der Waals surface area contributed by atoms with Crippen LogP contribution in [0.3, 0.4) is 0 Å². The Kier molecular flexibility index (Phi) is 5.22. The van der Waals surface area contributed by atoms with Gasteiger partial charge in [-0.2, -0.15) is 0 Å². The van der Waals surface area contributed by atoms with Crippen LogP contribution >= 0.6 is 0 Å². The van der Waals surface area contributed by atoms with Crippen molar-refractivity contribution in [3.05, 3.63) is 83.4 Å². The van der Waals surface area contributed by atoms with Gasteiger partial charge in [0.2, 0.25) is 11.9 Å². The first-order valence-electron chi connectivity index (χ1n) is 9.33. The summed E-state index contributed by atoms with van der Waals surface area (Å²) in [6, 6.07) is 15.7. The average molecular weight is 392 g/mol. The number of carbonyl (C=O) groups is 1. The average Bonchev–Trinajstić information content (AvgIpc) is 2.73. The van der Waals surface area contributed by atoms with E-state index in [0.717, 1.165) is 11.3 Å². The third-order valence-electron chi connectivity index (χ3n) is 4.91. The molecule has 1 aliphatic heterocycles. The summed E-state index contributed by atoms with van der Waals surface area (Å²) < 4.78 is 19.0. The lowest BCUT2D eigenvalue weighted by Crippen LogP contribution is -2.48. The fourth-order valence-electron chi connectivity index (χ4n) is 3.33. The first-order valence-corrected chi connectivity index (χ1v) is 9.33. The van der Waals surface area contributed by atoms with E-state index in [1.807, 2.05) is 30.3 Å². The van der Waals surface area contributed by atoms with Crippen molar-refractivity contribution in [1.82, 2.24) is 15.3 Å². The number of para-hydroxylation sites is 1. The molecule has 3 aromatic rings. The molecular formula is C22H21FN4O2. The topological polar surface area (TPSA) is 76.1 Å². The van der Waals surface area contributed by atoms with Crippen molar-refractivity contribution < 1.29 is 13.9 Å². The minimum atomic E-state index is -0.975. The number of carbonyl (C=O) groups excluding carboxylic acids is 1. The van der Waals surface area contributed by atoms with Gasteiger partial charge in [0.1, 0.15) is 11.2 Å². The van der Waals surface area contributed by atoms with Gasteiger partial charge in [-0.25, -0.2) is 14.4 Å². The third kappa shape index (κ3) is 4.09. The van der Waals surface area contributed by atoms with Crippen molar-refractivity contribution in [3.63, 3.8) is 0 Å². The molecule has 1 aromatic heterocycles. The predicted octanol–water partition coefficient (Wildman–Crippen LogP) is 3.46. The molecule has 0 saturated heterocycles. The Morgan fingerprint density at radius 2 is 2.03 bits per heavy atom. The van der Waals surface area contributed by atoms with Crippen molar-refractivity contribution >= 4 is 17.5 Å². The van der Waals surface area contributed by atoms with Gasteiger partial charge in [-0.1, -0.05) is 30.3 Å². The molecule has 1 aliphatic rings. The van der Waals surface area contributed by atoms with Crippen LogP contribution in [0.25, 0.3) is 0 Å². The van der Waals surface area contributed by atoms with E-state index in [2.05, 4.69) is 20.6 Å². The summed E-state index contributed by atoms with van der Waals surface area (Å²) in [4.78, 5) is 22.0. The molecular weight excluding hydrogens is 371 g/mol. The highest BCUT2D eigenvalue weighted by molar-refractivity contribution is 5.88. The van der Waals surface area contributed by atoms with Crippen LogP contribution in [0, 0.1) is 5.82 Å². The summed E-state index contributed by atoms with van der Waals surface area (Å²) in [7, 11) is 0. The zero-order chi connectivity index (χ0) is 20.3. The molecule has 0 radical (unpaired) electrons. The number of fused-ring (bicyclic) bond motifs is 1. The first kappa shape index (κ1) is 19.0. The van der Waals surface area contributed by atoms with Crippen LogP contribution in [0.2, 0.25) is 0 Å². The molecule has 1 amide bonds. The van der Waals surface area contributed by atoms with E-state index in [-0.39, 0.29) is 24.9 Å². The molecule has 0 saturated carbocycles. The van der Waals surface area contributed by atoms with Crippen molar-refractivity contribution in [1.29, 1.82) is 0 Å². The fourth-order valence-corrected chi connectivity index (χ4v) is 3.33. The maximum atomic E-state index is 13.4. The van der Waals surface area contributed by atoms with Crippen LogP contribution < -0.4 is 10.6 Å². The van der Waals surface area contributed by atoms with Gasteiger partial charge < -0.3 is 15.4 Å². The standard InChI is InChI=1S/C22H21FN4O2/c1-22(20(28)24-11-15-6-5-7-17(23)10-15)14-29-13-16-12-25-21(27-19(16)22)26-18-8-3-2-4-9-18/h2-10,12H,11,13-14H2,1H3,(H,24,28)(H,25,26,27). The van der Waals surface area contributed by atoms with Crippen molar-refractivity contribution in [2.75, 3.05) is 11.9 Å². The molecule has 4 rings (SSSR count). The van der Waals surface area contributed by atoms with Gasteiger partial charge in [-0.15, -0.1) is 0 Å². The normalized spacial score (nSPS) is 18.0. The molecule has 6 nitrogen and oxygen atoms in total. The van der Waals surface area contributed by atoms with E-state index in [0.29, 0.717) is 23.8 Å². The zero-order valence-electron chi connectivity index (χ0n) is 16.0. The maximum Gasteiger partial charge on any atom is 0.234 e. The Morgan fingerprint density at radius 3 is 2.83 bits per heavy atom. The Bertz CT molecular complexity index is 1030. The third-order valence-corrected chi connectivity index (χ3v) is 4.91. The number of halogens is 1. The second-order valence-corrected chi connectivity index (χ2v) is 7.20. The molecule has 1 unspecified atom stereocenters. The zero-order valence-corrected chi connectivity index (χ0v) is 16.0. The molecule has 1 atom stereocenters. The van der Waals surface area contributed by atoms with Gasteiger partial charge in [0.25, 0.3) is 0 Å². The second-order valence-electron chi connectivity index (χ2n) is 7.20. The predicted molar refractivity (Wildman–Crippen MR) is 107 cm³/mol. The van der Waals surface area contributed by atoms with Crippen LogP contribution in [0.5, 0.6) is 0 Å². The van der Waals surface area contributed by atoms with Crippen LogP contribution in [-0.2, 0) is 28.1 Å². The van der Waals surface area contributed by atoms with E-state index in [1.54, 1.807) is 25.3 Å². The summed E-state index contributed by atoms with van der Waals surface area (Å²) in [5.74, 6) is -0.147. The summed E-state index contributed by atoms with van der Waals surface area (Å²) in [5.41, 5.74) is 1.98. The summed E-state index contributed by atoms with van der Waals surface area (Å²) in [6.45, 7) is 2.58. The van der Waals surface area contributed by atoms with Crippen molar-refractivity contribution in [3.8, 4) is 0 Å². The molecule has 2 N–H and O–H groups in total. The molecule has 0 spiro atoms. The highest BCUT2D eigenvalue weighted by Crippen LogP contribution is 2.32. The first-order chi connectivity index (χ1) is 14.0. The Labute approximate surface area is 168 Å². The van der Waals surface area contributed by atoms with Crippen LogP contribution in [0.4, 0.5) is 16.0 Å². The van der Waals surface area contributed by atoms with E-state index < -0.39 is 5.41 Å². The van der Waals surface area contributed by atoms with Gasteiger partial charge in [0, 0.05) is 24.0 Å². The maximum absolute atomic E-state index is 13.4. The molecule has 29 heavy (non-hydrogen) atoms.